The lowest BCUT2D eigenvalue weighted by atomic mass is 10.3. The van der Waals surface area contributed by atoms with Crippen molar-refractivity contribution in [1.29, 1.82) is 0 Å². The molecule has 2 N–H and O–H groups in total. The summed E-state index contributed by atoms with van der Waals surface area (Å²) in [6.45, 7) is 2.01. The summed E-state index contributed by atoms with van der Waals surface area (Å²) in [5.74, 6) is 0.800. The molecule has 74 valence electrons. The fraction of sp³-hybridized carbons (Fsp3) is 0.400. The number of hydrogen-bond acceptors (Lipinski definition) is 2. The molecule has 0 unspecified atom stereocenters. The predicted octanol–water partition coefficient (Wildman–Crippen LogP) is 1.84. The van der Waals surface area contributed by atoms with Crippen LogP contribution < -0.4 is 10.6 Å². The number of thiocarbonyl (C=S) groups is 1. The van der Waals surface area contributed by atoms with Gasteiger partial charge in [-0.2, -0.15) is 0 Å². The molecule has 3 nitrogen and oxygen atoms in total. The highest BCUT2D eigenvalue weighted by Crippen LogP contribution is 2.18. The maximum absolute atomic E-state index is 5.12. The molecule has 14 heavy (non-hydrogen) atoms. The van der Waals surface area contributed by atoms with Gasteiger partial charge in [-0.25, -0.2) is 4.98 Å². The first-order valence-corrected chi connectivity index (χ1v) is 5.15. The van der Waals surface area contributed by atoms with Gasteiger partial charge >= 0.3 is 0 Å². The van der Waals surface area contributed by atoms with Crippen molar-refractivity contribution < 1.29 is 0 Å². The lowest BCUT2D eigenvalue weighted by Gasteiger charge is -2.08. The zero-order valence-corrected chi connectivity index (χ0v) is 8.90. The molecule has 1 fully saturated rings. The Kier molecular flexibility index (Phi) is 2.63. The van der Waals surface area contributed by atoms with Gasteiger partial charge in [-0.3, -0.25) is 0 Å². The summed E-state index contributed by atoms with van der Waals surface area (Å²) in [6, 6.07) is 4.52. The van der Waals surface area contributed by atoms with E-state index in [0.29, 0.717) is 11.2 Å². The van der Waals surface area contributed by atoms with Crippen molar-refractivity contribution in [3.63, 3.8) is 0 Å². The average molecular weight is 207 g/mol. The highest BCUT2D eigenvalue weighted by Gasteiger charge is 2.21. The minimum atomic E-state index is 0.584. The van der Waals surface area contributed by atoms with E-state index in [1.165, 1.54) is 12.8 Å². The summed E-state index contributed by atoms with van der Waals surface area (Å²) >= 11 is 5.12. The Labute approximate surface area is 88.9 Å². The summed E-state index contributed by atoms with van der Waals surface area (Å²) in [5, 5.41) is 6.92. The second kappa shape index (κ2) is 3.92. The quantitative estimate of drug-likeness (QED) is 0.726. The number of nitrogens with one attached hydrogen (secondary N) is 2. The number of pyridine rings is 1. The molecule has 0 aliphatic heterocycles. The van der Waals surface area contributed by atoms with E-state index >= 15 is 0 Å². The number of rotatable bonds is 2. The van der Waals surface area contributed by atoms with E-state index in [1.54, 1.807) is 0 Å². The van der Waals surface area contributed by atoms with Crippen molar-refractivity contribution in [2.24, 2.45) is 0 Å². The molecular formula is C10H13N3S. The lowest BCUT2D eigenvalue weighted by molar-refractivity contribution is 0.918. The lowest BCUT2D eigenvalue weighted by Crippen LogP contribution is -2.30. The van der Waals surface area contributed by atoms with Crippen LogP contribution in [0.25, 0.3) is 0 Å². The number of nitrogens with zero attached hydrogens (tertiary/aromatic N) is 1. The van der Waals surface area contributed by atoms with E-state index in [0.717, 1.165) is 11.4 Å². The van der Waals surface area contributed by atoms with Crippen LogP contribution in [-0.4, -0.2) is 16.1 Å². The van der Waals surface area contributed by atoms with Gasteiger partial charge in [-0.1, -0.05) is 6.07 Å². The number of aryl methyl sites for hydroxylation is 1. The van der Waals surface area contributed by atoms with Crippen LogP contribution in [-0.2, 0) is 0 Å². The fourth-order valence-corrected chi connectivity index (χ4v) is 1.38. The van der Waals surface area contributed by atoms with Crippen LogP contribution in [0.2, 0.25) is 0 Å². The second-order valence-corrected chi connectivity index (χ2v) is 4.00. The minimum Gasteiger partial charge on any atom is -0.360 e. The van der Waals surface area contributed by atoms with Crippen molar-refractivity contribution >= 4 is 23.1 Å². The Morgan fingerprint density at radius 2 is 2.29 bits per heavy atom. The maximum atomic E-state index is 5.12. The Bertz CT molecular complexity index is 330. The second-order valence-electron chi connectivity index (χ2n) is 3.59. The van der Waals surface area contributed by atoms with Crippen LogP contribution in [0.3, 0.4) is 0 Å². The van der Waals surface area contributed by atoms with Crippen LogP contribution in [0, 0.1) is 6.92 Å². The first kappa shape index (κ1) is 9.40. The van der Waals surface area contributed by atoms with Gasteiger partial charge in [0, 0.05) is 12.2 Å². The van der Waals surface area contributed by atoms with Crippen LogP contribution in [0.4, 0.5) is 5.82 Å². The molecule has 1 aromatic heterocycles. The van der Waals surface area contributed by atoms with E-state index in [9.17, 15) is 0 Å². The van der Waals surface area contributed by atoms with Crippen LogP contribution in [0.5, 0.6) is 0 Å². The van der Waals surface area contributed by atoms with E-state index in [1.807, 2.05) is 25.3 Å². The molecule has 1 heterocycles. The van der Waals surface area contributed by atoms with Crippen molar-refractivity contribution in [3.05, 3.63) is 23.9 Å². The molecule has 0 saturated heterocycles. The summed E-state index contributed by atoms with van der Waals surface area (Å²) in [4.78, 5) is 4.21. The van der Waals surface area contributed by atoms with Gasteiger partial charge in [-0.05, 0) is 43.6 Å². The molecule has 0 radical (unpaired) electrons. The highest BCUT2D eigenvalue weighted by molar-refractivity contribution is 7.80. The van der Waals surface area contributed by atoms with Crippen LogP contribution in [0.1, 0.15) is 18.4 Å². The molecule has 1 aromatic rings. The molecule has 1 aliphatic carbocycles. The Morgan fingerprint density at radius 3 is 2.86 bits per heavy atom. The van der Waals surface area contributed by atoms with Crippen molar-refractivity contribution in [3.8, 4) is 0 Å². The molecule has 1 saturated carbocycles. The molecule has 0 aromatic carbocycles. The van der Waals surface area contributed by atoms with Gasteiger partial charge < -0.3 is 10.6 Å². The van der Waals surface area contributed by atoms with Gasteiger partial charge in [0.15, 0.2) is 5.11 Å². The molecule has 1 aliphatic rings. The molecule has 0 spiro atoms. The average Bonchev–Trinajstić information content (AvgIpc) is 2.93. The van der Waals surface area contributed by atoms with E-state index in [4.69, 9.17) is 12.2 Å². The molecule has 0 amide bonds. The smallest absolute Gasteiger partial charge is 0.172 e. The molecule has 4 heteroatoms. The van der Waals surface area contributed by atoms with E-state index in [2.05, 4.69) is 15.6 Å². The first-order valence-electron chi connectivity index (χ1n) is 4.74. The van der Waals surface area contributed by atoms with Gasteiger partial charge in [0.2, 0.25) is 0 Å². The molecule has 0 atom stereocenters. The zero-order valence-electron chi connectivity index (χ0n) is 8.08. The Morgan fingerprint density at radius 1 is 1.50 bits per heavy atom. The Balaban J connectivity index is 1.89. The molecule has 2 rings (SSSR count). The van der Waals surface area contributed by atoms with Crippen LogP contribution >= 0.6 is 12.2 Å². The van der Waals surface area contributed by atoms with Gasteiger partial charge in [0.1, 0.15) is 5.82 Å². The monoisotopic (exact) mass is 207 g/mol. The topological polar surface area (TPSA) is 37.0 Å². The zero-order chi connectivity index (χ0) is 9.97. The van der Waals surface area contributed by atoms with E-state index in [-0.39, 0.29) is 0 Å². The summed E-state index contributed by atoms with van der Waals surface area (Å²) in [5.41, 5.74) is 1.15. The van der Waals surface area contributed by atoms with Gasteiger partial charge in [-0.15, -0.1) is 0 Å². The third kappa shape index (κ3) is 2.67. The van der Waals surface area contributed by atoms with Crippen molar-refractivity contribution in [2.45, 2.75) is 25.8 Å². The number of aromatic nitrogens is 1. The van der Waals surface area contributed by atoms with Crippen molar-refractivity contribution in [1.82, 2.24) is 10.3 Å². The highest BCUT2D eigenvalue weighted by atomic mass is 32.1. The summed E-state index contributed by atoms with van der Waals surface area (Å²) in [7, 11) is 0. The summed E-state index contributed by atoms with van der Waals surface area (Å²) < 4.78 is 0. The summed E-state index contributed by atoms with van der Waals surface area (Å²) in [6.07, 6.45) is 4.27. The maximum Gasteiger partial charge on any atom is 0.172 e. The molecular weight excluding hydrogens is 194 g/mol. The SMILES string of the molecule is Cc1ccc(NC(=S)NC2CC2)nc1. The Hall–Kier alpha value is -1.16. The van der Waals surface area contributed by atoms with Gasteiger partial charge in [0.25, 0.3) is 0 Å². The first-order chi connectivity index (χ1) is 6.74. The number of hydrogen-bond donors (Lipinski definition) is 2. The number of anilines is 1. The minimum absolute atomic E-state index is 0.584. The third-order valence-electron chi connectivity index (χ3n) is 2.07. The standard InChI is InChI=1S/C10H13N3S/c1-7-2-5-9(11-6-7)13-10(14)12-8-3-4-8/h2,5-6,8H,3-4H2,1H3,(H2,11,12,13,14). The van der Waals surface area contributed by atoms with Gasteiger partial charge in [0.05, 0.1) is 0 Å². The third-order valence-corrected chi connectivity index (χ3v) is 2.29. The van der Waals surface area contributed by atoms with Crippen LogP contribution in [0.15, 0.2) is 18.3 Å². The fourth-order valence-electron chi connectivity index (χ4n) is 1.11. The van der Waals surface area contributed by atoms with Crippen molar-refractivity contribution in [2.75, 3.05) is 5.32 Å². The predicted molar refractivity (Wildman–Crippen MR) is 61.4 cm³/mol. The normalized spacial score (nSPS) is 14.9. The molecule has 0 bridgehead atoms. The van der Waals surface area contributed by atoms with E-state index < -0.39 is 0 Å². The largest absolute Gasteiger partial charge is 0.360 e.